The summed E-state index contributed by atoms with van der Waals surface area (Å²) >= 11 is 0. The lowest BCUT2D eigenvalue weighted by atomic mass is 9.95. The van der Waals surface area contributed by atoms with Crippen LogP contribution in [0.4, 0.5) is 0 Å². The van der Waals surface area contributed by atoms with E-state index in [1.54, 1.807) is 0 Å². The summed E-state index contributed by atoms with van der Waals surface area (Å²) in [6.45, 7) is 6.33. The van der Waals surface area contributed by atoms with Crippen molar-refractivity contribution in [1.82, 2.24) is 0 Å². The van der Waals surface area contributed by atoms with Gasteiger partial charge >= 0.3 is 0 Å². The van der Waals surface area contributed by atoms with Crippen molar-refractivity contribution >= 4 is 0 Å². The first-order chi connectivity index (χ1) is 9.87. The first kappa shape index (κ1) is 18.1. The Morgan fingerprint density at radius 1 is 1.19 bits per heavy atom. The molecule has 120 valence electrons. The topological polar surface area (TPSA) is 49.7 Å². The highest BCUT2D eigenvalue weighted by molar-refractivity contribution is 5.14. The van der Waals surface area contributed by atoms with Crippen molar-refractivity contribution in [3.05, 3.63) is 35.9 Å². The van der Waals surface area contributed by atoms with Crippen molar-refractivity contribution in [2.24, 2.45) is 5.92 Å². The van der Waals surface area contributed by atoms with E-state index < -0.39 is 11.9 Å². The molecule has 0 radical (unpaired) electrons. The molecule has 3 heteroatoms. The summed E-state index contributed by atoms with van der Waals surface area (Å²) in [5.74, 6) is 0.402. The standard InChI is InChI=1S/C18H30O3/c1-15(8-7-12-18(2,3)20)14-17(19)21-13-11-16-9-5-4-6-10-16/h4-6,9-10,15,17,19-20H,7-8,11-14H2,1-3H3. The highest BCUT2D eigenvalue weighted by atomic mass is 16.6. The smallest absolute Gasteiger partial charge is 0.154 e. The molecule has 1 aromatic rings. The zero-order chi connectivity index (χ0) is 15.7. The second kappa shape index (κ2) is 9.19. The summed E-state index contributed by atoms with van der Waals surface area (Å²) in [6, 6.07) is 10.1. The molecule has 0 amide bonds. The maximum atomic E-state index is 9.89. The van der Waals surface area contributed by atoms with Gasteiger partial charge in [-0.05, 0) is 38.2 Å². The van der Waals surface area contributed by atoms with Gasteiger partial charge in [0.2, 0.25) is 0 Å². The van der Waals surface area contributed by atoms with Crippen LogP contribution in [0.3, 0.4) is 0 Å². The monoisotopic (exact) mass is 294 g/mol. The summed E-state index contributed by atoms with van der Waals surface area (Å²) in [5, 5.41) is 19.5. The number of rotatable bonds is 10. The van der Waals surface area contributed by atoms with Crippen molar-refractivity contribution in [2.75, 3.05) is 6.61 Å². The van der Waals surface area contributed by atoms with Crippen molar-refractivity contribution in [1.29, 1.82) is 0 Å². The Kier molecular flexibility index (Phi) is 7.94. The normalized spacial score (nSPS) is 14.9. The van der Waals surface area contributed by atoms with E-state index in [1.807, 2.05) is 32.0 Å². The van der Waals surface area contributed by atoms with Crippen LogP contribution in [0, 0.1) is 5.92 Å². The Labute approximate surface area is 129 Å². The van der Waals surface area contributed by atoms with E-state index in [2.05, 4.69) is 19.1 Å². The third-order valence-electron chi connectivity index (χ3n) is 3.63. The van der Waals surface area contributed by atoms with Crippen LogP contribution in [-0.4, -0.2) is 28.7 Å². The molecule has 0 aromatic heterocycles. The molecule has 0 saturated heterocycles. The van der Waals surface area contributed by atoms with Gasteiger partial charge in [0.1, 0.15) is 0 Å². The van der Waals surface area contributed by atoms with Gasteiger partial charge in [-0.2, -0.15) is 0 Å². The summed E-state index contributed by atoms with van der Waals surface area (Å²) in [7, 11) is 0. The van der Waals surface area contributed by atoms with Crippen molar-refractivity contribution in [2.45, 2.75) is 64.8 Å². The van der Waals surface area contributed by atoms with E-state index in [0.29, 0.717) is 18.9 Å². The van der Waals surface area contributed by atoms with Crippen molar-refractivity contribution in [3.8, 4) is 0 Å². The number of hydrogen-bond acceptors (Lipinski definition) is 3. The minimum atomic E-state index is -0.689. The van der Waals surface area contributed by atoms with Gasteiger partial charge in [0, 0.05) is 6.42 Å². The van der Waals surface area contributed by atoms with Gasteiger partial charge in [0.15, 0.2) is 6.29 Å². The minimum absolute atomic E-state index is 0.402. The average Bonchev–Trinajstić information content (AvgIpc) is 2.38. The summed E-state index contributed by atoms with van der Waals surface area (Å²) in [6.07, 6.45) is 3.56. The van der Waals surface area contributed by atoms with Crippen molar-refractivity contribution < 1.29 is 14.9 Å². The van der Waals surface area contributed by atoms with Gasteiger partial charge in [-0.15, -0.1) is 0 Å². The second-order valence-corrected chi connectivity index (χ2v) is 6.61. The van der Waals surface area contributed by atoms with Gasteiger partial charge in [-0.1, -0.05) is 50.1 Å². The molecule has 0 aliphatic carbocycles. The van der Waals surface area contributed by atoms with Crippen LogP contribution in [0.15, 0.2) is 30.3 Å². The van der Waals surface area contributed by atoms with Crippen LogP contribution in [0.1, 0.15) is 52.0 Å². The van der Waals surface area contributed by atoms with E-state index in [1.165, 1.54) is 5.56 Å². The number of benzene rings is 1. The van der Waals surface area contributed by atoms with E-state index in [9.17, 15) is 10.2 Å². The van der Waals surface area contributed by atoms with Gasteiger partial charge in [0.05, 0.1) is 12.2 Å². The molecule has 0 spiro atoms. The average molecular weight is 294 g/mol. The first-order valence-electron chi connectivity index (χ1n) is 7.93. The Morgan fingerprint density at radius 2 is 1.86 bits per heavy atom. The van der Waals surface area contributed by atoms with E-state index in [4.69, 9.17) is 4.74 Å². The maximum absolute atomic E-state index is 9.89. The molecular weight excluding hydrogens is 264 g/mol. The maximum Gasteiger partial charge on any atom is 0.154 e. The molecule has 2 atom stereocenters. The molecule has 0 bridgehead atoms. The first-order valence-corrected chi connectivity index (χ1v) is 7.93. The molecule has 1 rings (SSSR count). The third kappa shape index (κ3) is 9.62. The van der Waals surface area contributed by atoms with Crippen LogP contribution in [-0.2, 0) is 11.2 Å². The fraction of sp³-hybridized carbons (Fsp3) is 0.667. The minimum Gasteiger partial charge on any atom is -0.390 e. The molecule has 0 heterocycles. The largest absolute Gasteiger partial charge is 0.390 e. The summed E-state index contributed by atoms with van der Waals surface area (Å²) < 4.78 is 5.47. The molecule has 0 fully saturated rings. The van der Waals surface area contributed by atoms with E-state index >= 15 is 0 Å². The Bertz CT molecular complexity index is 370. The Hall–Kier alpha value is -0.900. The van der Waals surface area contributed by atoms with Gasteiger partial charge in [0.25, 0.3) is 0 Å². The fourth-order valence-electron chi connectivity index (χ4n) is 2.37. The quantitative estimate of drug-likeness (QED) is 0.649. The Morgan fingerprint density at radius 3 is 2.48 bits per heavy atom. The molecule has 21 heavy (non-hydrogen) atoms. The van der Waals surface area contributed by atoms with Crippen LogP contribution in [0.2, 0.25) is 0 Å². The molecule has 0 aliphatic heterocycles. The molecule has 2 unspecified atom stereocenters. The summed E-state index contributed by atoms with van der Waals surface area (Å²) in [5.41, 5.74) is 0.632. The lowest BCUT2D eigenvalue weighted by Gasteiger charge is -2.20. The molecule has 3 nitrogen and oxygen atoms in total. The van der Waals surface area contributed by atoms with Gasteiger partial charge in [-0.3, -0.25) is 0 Å². The Balaban J connectivity index is 2.11. The molecule has 1 aromatic carbocycles. The van der Waals surface area contributed by atoms with Crippen molar-refractivity contribution in [3.63, 3.8) is 0 Å². The number of aliphatic hydroxyl groups is 2. The highest BCUT2D eigenvalue weighted by Crippen LogP contribution is 2.19. The zero-order valence-corrected chi connectivity index (χ0v) is 13.6. The van der Waals surface area contributed by atoms with E-state index in [-0.39, 0.29) is 0 Å². The predicted molar refractivity (Wildman–Crippen MR) is 86.0 cm³/mol. The lowest BCUT2D eigenvalue weighted by Crippen LogP contribution is -2.20. The lowest BCUT2D eigenvalue weighted by molar-refractivity contribution is -0.109. The number of ether oxygens (including phenoxy) is 1. The highest BCUT2D eigenvalue weighted by Gasteiger charge is 2.15. The number of hydrogen-bond donors (Lipinski definition) is 2. The molecule has 0 saturated carbocycles. The van der Waals surface area contributed by atoms with Crippen LogP contribution in [0.5, 0.6) is 0 Å². The second-order valence-electron chi connectivity index (χ2n) is 6.61. The third-order valence-corrected chi connectivity index (χ3v) is 3.63. The SMILES string of the molecule is CC(CCCC(C)(C)O)CC(O)OCCc1ccccc1. The van der Waals surface area contributed by atoms with Crippen LogP contribution in [0.25, 0.3) is 0 Å². The van der Waals surface area contributed by atoms with Crippen LogP contribution < -0.4 is 0 Å². The predicted octanol–water partition coefficient (Wildman–Crippen LogP) is 3.53. The zero-order valence-electron chi connectivity index (χ0n) is 13.6. The number of aliphatic hydroxyl groups excluding tert-OH is 1. The molecule has 2 N–H and O–H groups in total. The molecular formula is C18H30O3. The van der Waals surface area contributed by atoms with Gasteiger partial charge in [-0.25, -0.2) is 0 Å². The summed E-state index contributed by atoms with van der Waals surface area (Å²) in [4.78, 5) is 0. The molecule has 0 aliphatic rings. The van der Waals surface area contributed by atoms with E-state index in [0.717, 1.165) is 25.7 Å². The fourth-order valence-corrected chi connectivity index (χ4v) is 2.37. The van der Waals surface area contributed by atoms with Gasteiger partial charge < -0.3 is 14.9 Å². The van der Waals surface area contributed by atoms with Crippen LogP contribution >= 0.6 is 0 Å².